The van der Waals surface area contributed by atoms with Crippen LogP contribution in [0.2, 0.25) is 0 Å². The summed E-state index contributed by atoms with van der Waals surface area (Å²) in [4.78, 5) is 37.3. The first-order valence-corrected chi connectivity index (χ1v) is 8.53. The van der Waals surface area contributed by atoms with E-state index in [1.807, 2.05) is 0 Å². The molecule has 0 fully saturated rings. The maximum absolute atomic E-state index is 12.9. The number of esters is 1. The van der Waals surface area contributed by atoms with Gasteiger partial charge in [0.1, 0.15) is 11.8 Å². The zero-order valence-electron chi connectivity index (χ0n) is 15.4. The number of nitrogens with zero attached hydrogens (tertiary/aromatic N) is 2. The van der Waals surface area contributed by atoms with E-state index >= 15 is 0 Å². The highest BCUT2D eigenvalue weighted by atomic mass is 16.5. The van der Waals surface area contributed by atoms with Gasteiger partial charge in [-0.05, 0) is 23.8 Å². The Balaban J connectivity index is 1.93. The molecule has 2 N–H and O–H groups in total. The molecule has 0 saturated carbocycles. The number of carbonyl (C=O) groups is 2. The van der Waals surface area contributed by atoms with Crippen LogP contribution in [0.4, 0.5) is 0 Å². The summed E-state index contributed by atoms with van der Waals surface area (Å²) in [5, 5.41) is 16.8. The Hall–Kier alpha value is -3.68. The molecular formula is C20H19N3O5. The molecule has 0 spiro atoms. The third kappa shape index (κ3) is 3.85. The van der Waals surface area contributed by atoms with Crippen molar-refractivity contribution in [3.8, 4) is 5.75 Å². The first-order chi connectivity index (χ1) is 13.4. The van der Waals surface area contributed by atoms with Crippen molar-refractivity contribution in [3.63, 3.8) is 0 Å². The summed E-state index contributed by atoms with van der Waals surface area (Å²) in [6.07, 6.45) is 0.169. The smallest absolute Gasteiger partial charge is 0.328 e. The number of hydrogen-bond acceptors (Lipinski definition) is 6. The number of rotatable bonds is 5. The van der Waals surface area contributed by atoms with Crippen LogP contribution in [0.1, 0.15) is 16.1 Å². The van der Waals surface area contributed by atoms with Gasteiger partial charge >= 0.3 is 5.97 Å². The Morgan fingerprint density at radius 3 is 2.43 bits per heavy atom. The number of aromatic nitrogens is 2. The number of amides is 1. The van der Waals surface area contributed by atoms with Gasteiger partial charge < -0.3 is 15.2 Å². The number of fused-ring (bicyclic) bond motifs is 1. The first-order valence-electron chi connectivity index (χ1n) is 8.53. The highest BCUT2D eigenvalue weighted by Gasteiger charge is 2.25. The normalized spacial score (nSPS) is 11.8. The molecule has 8 nitrogen and oxygen atoms in total. The second-order valence-corrected chi connectivity index (χ2v) is 6.24. The molecule has 3 rings (SSSR count). The van der Waals surface area contributed by atoms with Crippen molar-refractivity contribution in [2.45, 2.75) is 12.5 Å². The molecule has 1 amide bonds. The van der Waals surface area contributed by atoms with E-state index < -0.39 is 17.9 Å². The number of carbonyl (C=O) groups excluding carboxylic acids is 2. The van der Waals surface area contributed by atoms with Crippen molar-refractivity contribution in [2.24, 2.45) is 7.05 Å². The van der Waals surface area contributed by atoms with Gasteiger partial charge in [-0.1, -0.05) is 30.3 Å². The van der Waals surface area contributed by atoms with Crippen LogP contribution in [0.25, 0.3) is 10.8 Å². The molecule has 1 aromatic heterocycles. The number of phenols is 1. The van der Waals surface area contributed by atoms with Crippen molar-refractivity contribution in [2.75, 3.05) is 7.11 Å². The fourth-order valence-corrected chi connectivity index (χ4v) is 2.90. The maximum Gasteiger partial charge on any atom is 0.328 e. The van der Waals surface area contributed by atoms with Gasteiger partial charge in [-0.3, -0.25) is 9.59 Å². The quantitative estimate of drug-likeness (QED) is 0.642. The van der Waals surface area contributed by atoms with Crippen LogP contribution in [0.5, 0.6) is 5.75 Å². The lowest BCUT2D eigenvalue weighted by Gasteiger charge is -2.17. The summed E-state index contributed by atoms with van der Waals surface area (Å²) < 4.78 is 5.88. The van der Waals surface area contributed by atoms with Crippen LogP contribution < -0.4 is 10.9 Å². The molecule has 0 bridgehead atoms. The van der Waals surface area contributed by atoms with E-state index in [4.69, 9.17) is 4.74 Å². The monoisotopic (exact) mass is 381 g/mol. The molecule has 2 aromatic carbocycles. The fraction of sp³-hybridized carbons (Fsp3) is 0.200. The van der Waals surface area contributed by atoms with Crippen LogP contribution in [-0.4, -0.2) is 39.9 Å². The van der Waals surface area contributed by atoms with Crippen LogP contribution in [0, 0.1) is 0 Å². The summed E-state index contributed by atoms with van der Waals surface area (Å²) >= 11 is 0. The molecule has 0 unspecified atom stereocenters. The highest BCUT2D eigenvalue weighted by Crippen LogP contribution is 2.15. The average molecular weight is 381 g/mol. The first kappa shape index (κ1) is 19.1. The molecule has 0 aliphatic rings. The molecule has 28 heavy (non-hydrogen) atoms. The Labute approximate surface area is 160 Å². The number of aromatic hydroxyl groups is 1. The summed E-state index contributed by atoms with van der Waals surface area (Å²) in [5.74, 6) is -1.11. The minimum atomic E-state index is -0.958. The lowest BCUT2D eigenvalue weighted by atomic mass is 10.0. The largest absolute Gasteiger partial charge is 0.508 e. The van der Waals surface area contributed by atoms with E-state index in [1.54, 1.807) is 36.4 Å². The van der Waals surface area contributed by atoms with Crippen LogP contribution in [0.3, 0.4) is 0 Å². The van der Waals surface area contributed by atoms with Crippen LogP contribution in [-0.2, 0) is 23.0 Å². The third-order valence-electron chi connectivity index (χ3n) is 4.34. The minimum absolute atomic E-state index is 0.0392. The van der Waals surface area contributed by atoms with Crippen molar-refractivity contribution in [1.82, 2.24) is 15.1 Å². The average Bonchev–Trinajstić information content (AvgIpc) is 2.71. The van der Waals surface area contributed by atoms with Gasteiger partial charge in [0.25, 0.3) is 11.5 Å². The number of benzene rings is 2. The third-order valence-corrected chi connectivity index (χ3v) is 4.34. The van der Waals surface area contributed by atoms with Gasteiger partial charge in [0, 0.05) is 18.9 Å². The van der Waals surface area contributed by atoms with Gasteiger partial charge in [-0.25, -0.2) is 9.48 Å². The molecule has 1 atom stereocenters. The Morgan fingerprint density at radius 1 is 1.14 bits per heavy atom. The van der Waals surface area contributed by atoms with Gasteiger partial charge in [0.05, 0.1) is 12.5 Å². The zero-order chi connectivity index (χ0) is 20.3. The topological polar surface area (TPSA) is 111 Å². The van der Waals surface area contributed by atoms with Gasteiger partial charge in [0.15, 0.2) is 5.69 Å². The Bertz CT molecular complexity index is 1090. The second-order valence-electron chi connectivity index (χ2n) is 6.24. The zero-order valence-corrected chi connectivity index (χ0v) is 15.4. The number of hydrogen-bond donors (Lipinski definition) is 2. The Kier molecular flexibility index (Phi) is 5.39. The molecule has 144 valence electrons. The van der Waals surface area contributed by atoms with Crippen LogP contribution >= 0.6 is 0 Å². The molecule has 0 saturated heterocycles. The van der Waals surface area contributed by atoms with E-state index in [0.717, 1.165) is 10.2 Å². The molecule has 0 radical (unpaired) electrons. The molecule has 1 heterocycles. The summed E-state index contributed by atoms with van der Waals surface area (Å²) in [5.41, 5.74) is 0.449. The van der Waals surface area contributed by atoms with Crippen molar-refractivity contribution in [1.29, 1.82) is 0 Å². The number of methoxy groups -OCH3 is 1. The lowest BCUT2D eigenvalue weighted by Crippen LogP contribution is -2.44. The number of nitrogens with one attached hydrogen (secondary N) is 1. The predicted molar refractivity (Wildman–Crippen MR) is 102 cm³/mol. The molecular weight excluding hydrogens is 362 g/mol. The molecule has 8 heteroatoms. The van der Waals surface area contributed by atoms with Crippen LogP contribution in [0.15, 0.2) is 53.3 Å². The predicted octanol–water partition coefficient (Wildman–Crippen LogP) is 1.15. The number of phenolic OH excluding ortho intramolecular Hbond substituents is 1. The molecule has 0 aliphatic carbocycles. The van der Waals surface area contributed by atoms with Gasteiger partial charge in [-0.15, -0.1) is 0 Å². The van der Waals surface area contributed by atoms with Gasteiger partial charge in [0.2, 0.25) is 0 Å². The summed E-state index contributed by atoms with van der Waals surface area (Å²) in [6, 6.07) is 12.0. The lowest BCUT2D eigenvalue weighted by molar-refractivity contribution is -0.142. The molecule has 0 aliphatic heterocycles. The van der Waals surface area contributed by atoms with Crippen molar-refractivity contribution in [3.05, 3.63) is 70.1 Å². The van der Waals surface area contributed by atoms with Gasteiger partial charge in [-0.2, -0.15) is 5.10 Å². The van der Waals surface area contributed by atoms with Crippen molar-refractivity contribution < 1.29 is 19.4 Å². The minimum Gasteiger partial charge on any atom is -0.508 e. The maximum atomic E-state index is 12.9. The van der Waals surface area contributed by atoms with E-state index in [2.05, 4.69) is 10.4 Å². The summed E-state index contributed by atoms with van der Waals surface area (Å²) in [6.45, 7) is 0. The number of aryl methyl sites for hydroxylation is 1. The number of ether oxygens (including phenoxy) is 1. The van der Waals surface area contributed by atoms with E-state index in [-0.39, 0.29) is 23.4 Å². The summed E-state index contributed by atoms with van der Waals surface area (Å²) in [7, 11) is 2.69. The standard InChI is InChI=1S/C20H19N3O5/c1-23-19(26)15-6-4-3-5-14(15)17(22-23)18(25)21-16(20(27)28-2)11-12-7-9-13(24)10-8-12/h3-10,16,24H,11H2,1-2H3,(H,21,25)/t16-/m0/s1. The van der Waals surface area contributed by atoms with E-state index in [0.29, 0.717) is 10.8 Å². The SMILES string of the molecule is COC(=O)[C@H](Cc1ccc(O)cc1)NC(=O)c1nn(C)c(=O)c2ccccc12. The second kappa shape index (κ2) is 7.91. The van der Waals surface area contributed by atoms with E-state index in [9.17, 15) is 19.5 Å². The fourth-order valence-electron chi connectivity index (χ4n) is 2.90. The Morgan fingerprint density at radius 2 is 1.79 bits per heavy atom. The van der Waals surface area contributed by atoms with E-state index in [1.165, 1.54) is 26.3 Å². The molecule has 3 aromatic rings. The highest BCUT2D eigenvalue weighted by molar-refractivity contribution is 6.05. The van der Waals surface area contributed by atoms with Crippen molar-refractivity contribution >= 4 is 22.6 Å².